The number of hydrogen-bond acceptors (Lipinski definition) is 4. The summed E-state index contributed by atoms with van der Waals surface area (Å²) < 4.78 is 44.8. The first-order valence-electron chi connectivity index (χ1n) is 6.28. The predicted molar refractivity (Wildman–Crippen MR) is 74.4 cm³/mol. The van der Waals surface area contributed by atoms with Crippen LogP contribution in [0.4, 0.5) is 4.39 Å². The minimum absolute atomic E-state index is 0.101. The lowest BCUT2D eigenvalue weighted by atomic mass is 10.1. The number of carboxylic acids is 1. The summed E-state index contributed by atoms with van der Waals surface area (Å²) in [7, 11) is -2.54. The number of carboxylic acid groups (broad SMARTS) is 1. The van der Waals surface area contributed by atoms with Gasteiger partial charge in [-0.3, -0.25) is 0 Å². The van der Waals surface area contributed by atoms with E-state index in [0.717, 1.165) is 16.4 Å². The molecule has 0 aliphatic heterocycles. The Balaban J connectivity index is 3.39. The van der Waals surface area contributed by atoms with Crippen molar-refractivity contribution in [1.82, 2.24) is 4.31 Å². The number of benzene rings is 1. The summed E-state index contributed by atoms with van der Waals surface area (Å²) in [5, 5.41) is 8.93. The van der Waals surface area contributed by atoms with Gasteiger partial charge in [-0.05, 0) is 19.1 Å². The highest BCUT2D eigenvalue weighted by Crippen LogP contribution is 2.24. The van der Waals surface area contributed by atoms with Gasteiger partial charge < -0.3 is 9.84 Å². The number of aromatic carboxylic acids is 1. The smallest absolute Gasteiger partial charge is 0.335 e. The van der Waals surface area contributed by atoms with Gasteiger partial charge in [0.25, 0.3) is 0 Å². The molecule has 0 aliphatic carbocycles. The molecule has 0 unspecified atom stereocenters. The highest BCUT2D eigenvalue weighted by Gasteiger charge is 2.27. The molecule has 1 N–H and O–H groups in total. The molecule has 8 heteroatoms. The Kier molecular flexibility index (Phi) is 5.82. The molecule has 0 radical (unpaired) electrons. The maximum absolute atomic E-state index is 13.8. The second-order valence-corrected chi connectivity index (χ2v) is 6.28. The molecule has 0 heterocycles. The molecule has 0 spiro atoms. The van der Waals surface area contributed by atoms with Gasteiger partial charge in [-0.1, -0.05) is 6.92 Å². The second kappa shape index (κ2) is 6.97. The van der Waals surface area contributed by atoms with Crippen LogP contribution in [0.15, 0.2) is 17.0 Å². The van der Waals surface area contributed by atoms with Crippen molar-refractivity contribution in [2.45, 2.75) is 18.7 Å². The van der Waals surface area contributed by atoms with Crippen LogP contribution in [0.5, 0.6) is 0 Å². The molecular weight excluding hydrogens is 301 g/mol. The van der Waals surface area contributed by atoms with E-state index in [-0.39, 0.29) is 30.2 Å². The molecule has 0 amide bonds. The lowest BCUT2D eigenvalue weighted by Gasteiger charge is -2.21. The molecule has 0 saturated carbocycles. The molecule has 0 aliphatic rings. The fraction of sp³-hybridized carbons (Fsp3) is 0.462. The molecule has 118 valence electrons. The van der Waals surface area contributed by atoms with E-state index in [0.29, 0.717) is 0 Å². The maximum Gasteiger partial charge on any atom is 0.335 e. The number of sulfonamides is 1. The van der Waals surface area contributed by atoms with Gasteiger partial charge in [-0.25, -0.2) is 17.6 Å². The lowest BCUT2D eigenvalue weighted by molar-refractivity contribution is 0.0696. The topological polar surface area (TPSA) is 83.9 Å². The quantitative estimate of drug-likeness (QED) is 0.823. The molecule has 1 aromatic rings. The van der Waals surface area contributed by atoms with E-state index in [4.69, 9.17) is 9.84 Å². The molecule has 0 fully saturated rings. The van der Waals surface area contributed by atoms with Crippen molar-refractivity contribution < 1.29 is 27.4 Å². The SMILES string of the molecule is CCN(CCOC)S(=O)(=O)c1cc(C(=O)O)cc(F)c1C. The Morgan fingerprint density at radius 3 is 2.52 bits per heavy atom. The Hall–Kier alpha value is -1.51. The highest BCUT2D eigenvalue weighted by molar-refractivity contribution is 7.89. The van der Waals surface area contributed by atoms with Crippen LogP contribution >= 0.6 is 0 Å². The Labute approximate surface area is 123 Å². The Morgan fingerprint density at radius 2 is 2.05 bits per heavy atom. The van der Waals surface area contributed by atoms with E-state index in [1.54, 1.807) is 6.92 Å². The summed E-state index contributed by atoms with van der Waals surface area (Å²) in [6.07, 6.45) is 0. The van der Waals surface area contributed by atoms with Crippen molar-refractivity contribution in [3.05, 3.63) is 29.1 Å². The van der Waals surface area contributed by atoms with Crippen LogP contribution in [0.25, 0.3) is 0 Å². The molecule has 0 atom stereocenters. The molecule has 0 aromatic heterocycles. The standard InChI is InChI=1S/C13H18FNO5S/c1-4-15(5-6-20-3)21(18,19)12-8-10(13(16)17)7-11(14)9(12)2/h7-8H,4-6H2,1-3H3,(H,16,17). The average Bonchev–Trinajstić information content (AvgIpc) is 2.41. The first-order chi connectivity index (χ1) is 9.75. The molecule has 21 heavy (non-hydrogen) atoms. The van der Waals surface area contributed by atoms with E-state index < -0.39 is 27.4 Å². The molecule has 1 aromatic carbocycles. The van der Waals surface area contributed by atoms with Crippen molar-refractivity contribution >= 4 is 16.0 Å². The second-order valence-electron chi connectivity index (χ2n) is 4.38. The first-order valence-corrected chi connectivity index (χ1v) is 7.72. The third-order valence-electron chi connectivity index (χ3n) is 3.06. The van der Waals surface area contributed by atoms with E-state index in [9.17, 15) is 17.6 Å². The monoisotopic (exact) mass is 319 g/mol. The summed E-state index contributed by atoms with van der Waals surface area (Å²) >= 11 is 0. The largest absolute Gasteiger partial charge is 0.478 e. The molecule has 0 saturated heterocycles. The maximum atomic E-state index is 13.8. The number of methoxy groups -OCH3 is 1. The molecule has 1 rings (SSSR count). The number of rotatable bonds is 7. The van der Waals surface area contributed by atoms with Crippen LogP contribution in [0.3, 0.4) is 0 Å². The van der Waals surface area contributed by atoms with Crippen molar-refractivity contribution in [3.8, 4) is 0 Å². The summed E-state index contributed by atoms with van der Waals surface area (Å²) in [6, 6.07) is 1.79. The van der Waals surface area contributed by atoms with Gasteiger partial charge in [-0.15, -0.1) is 0 Å². The zero-order valence-corrected chi connectivity index (χ0v) is 12.9. The van der Waals surface area contributed by atoms with Crippen LogP contribution in [0.2, 0.25) is 0 Å². The minimum atomic E-state index is -3.98. The van der Waals surface area contributed by atoms with Crippen molar-refractivity contribution in [2.24, 2.45) is 0 Å². The lowest BCUT2D eigenvalue weighted by Crippen LogP contribution is -2.34. The van der Waals surface area contributed by atoms with Gasteiger partial charge in [0.2, 0.25) is 10.0 Å². The summed E-state index contributed by atoms with van der Waals surface area (Å²) in [5.41, 5.74) is -0.504. The van der Waals surface area contributed by atoms with Crippen LogP contribution in [0.1, 0.15) is 22.8 Å². The fourth-order valence-electron chi connectivity index (χ4n) is 1.83. The van der Waals surface area contributed by atoms with E-state index in [1.807, 2.05) is 0 Å². The fourth-order valence-corrected chi connectivity index (χ4v) is 3.52. The number of nitrogens with zero attached hydrogens (tertiary/aromatic N) is 1. The first kappa shape index (κ1) is 17.5. The summed E-state index contributed by atoms with van der Waals surface area (Å²) in [5.74, 6) is -2.25. The van der Waals surface area contributed by atoms with Gasteiger partial charge in [-0.2, -0.15) is 4.31 Å². The number of hydrogen-bond donors (Lipinski definition) is 1. The van der Waals surface area contributed by atoms with Crippen LogP contribution in [-0.2, 0) is 14.8 Å². The van der Waals surface area contributed by atoms with Gasteiger partial charge in [0.1, 0.15) is 5.82 Å². The highest BCUT2D eigenvalue weighted by atomic mass is 32.2. The number of carbonyl (C=O) groups is 1. The number of ether oxygens (including phenoxy) is 1. The number of halogens is 1. The zero-order chi connectivity index (χ0) is 16.2. The molecule has 6 nitrogen and oxygen atoms in total. The van der Waals surface area contributed by atoms with Gasteiger partial charge in [0.05, 0.1) is 17.1 Å². The predicted octanol–water partition coefficient (Wildman–Crippen LogP) is 1.49. The van der Waals surface area contributed by atoms with Gasteiger partial charge in [0, 0.05) is 25.8 Å². The Bertz CT molecular complexity index is 630. The molecular formula is C13H18FNO5S. The van der Waals surface area contributed by atoms with E-state index >= 15 is 0 Å². The van der Waals surface area contributed by atoms with E-state index in [2.05, 4.69) is 0 Å². The molecule has 0 bridgehead atoms. The summed E-state index contributed by atoms with van der Waals surface area (Å²) in [6.45, 7) is 3.41. The number of likely N-dealkylation sites (N-methyl/N-ethyl adjacent to an activating group) is 1. The van der Waals surface area contributed by atoms with Crippen molar-refractivity contribution in [2.75, 3.05) is 26.8 Å². The summed E-state index contributed by atoms with van der Waals surface area (Å²) in [4.78, 5) is 10.6. The minimum Gasteiger partial charge on any atom is -0.478 e. The van der Waals surface area contributed by atoms with Gasteiger partial charge >= 0.3 is 5.97 Å². The van der Waals surface area contributed by atoms with Crippen LogP contribution in [0, 0.1) is 12.7 Å². The van der Waals surface area contributed by atoms with E-state index in [1.165, 1.54) is 14.0 Å². The van der Waals surface area contributed by atoms with Crippen molar-refractivity contribution in [1.29, 1.82) is 0 Å². The third kappa shape index (κ3) is 3.78. The van der Waals surface area contributed by atoms with Crippen LogP contribution in [-0.4, -0.2) is 50.6 Å². The van der Waals surface area contributed by atoms with Crippen LogP contribution < -0.4 is 0 Å². The normalized spacial score (nSPS) is 11.9. The third-order valence-corrected chi connectivity index (χ3v) is 5.16. The average molecular weight is 319 g/mol. The van der Waals surface area contributed by atoms with Gasteiger partial charge in [0.15, 0.2) is 0 Å². The Morgan fingerprint density at radius 1 is 1.43 bits per heavy atom. The van der Waals surface area contributed by atoms with Crippen molar-refractivity contribution in [3.63, 3.8) is 0 Å². The zero-order valence-electron chi connectivity index (χ0n) is 12.1.